The van der Waals surface area contributed by atoms with Gasteiger partial charge in [0.15, 0.2) is 0 Å². The van der Waals surface area contributed by atoms with E-state index in [4.69, 9.17) is 0 Å². The second-order valence-corrected chi connectivity index (χ2v) is 10.7. The Morgan fingerprint density at radius 3 is 1.93 bits per heavy atom. The van der Waals surface area contributed by atoms with Crippen molar-refractivity contribution in [2.45, 2.75) is 118 Å². The molecule has 0 bridgehead atoms. The van der Waals surface area contributed by atoms with Gasteiger partial charge in [-0.3, -0.25) is 0 Å². The van der Waals surface area contributed by atoms with Crippen molar-refractivity contribution in [3.05, 3.63) is 22.8 Å². The zero-order valence-electron chi connectivity index (χ0n) is 20.7. The maximum absolute atomic E-state index is 10.8. The predicted octanol–water partition coefficient (Wildman–Crippen LogP) is 7.45. The molecule has 174 valence electrons. The van der Waals surface area contributed by atoms with Crippen molar-refractivity contribution in [1.82, 2.24) is 0 Å². The summed E-state index contributed by atoms with van der Waals surface area (Å²) in [6, 6.07) is 1.61. The van der Waals surface area contributed by atoms with Gasteiger partial charge in [-0.05, 0) is 81.4 Å². The van der Waals surface area contributed by atoms with Gasteiger partial charge in [0.05, 0.1) is 5.60 Å². The van der Waals surface area contributed by atoms with Crippen LogP contribution in [0, 0.1) is 31.6 Å². The van der Waals surface area contributed by atoms with Crippen molar-refractivity contribution in [2.75, 3.05) is 0 Å². The first-order valence-electron chi connectivity index (χ1n) is 12.2. The second kappa shape index (κ2) is 12.6. The Balaban J connectivity index is 2.35. The number of rotatable bonds is 14. The van der Waals surface area contributed by atoms with Crippen molar-refractivity contribution in [1.29, 1.82) is 0 Å². The van der Waals surface area contributed by atoms with Crippen LogP contribution in [0.15, 0.2) is 6.07 Å². The molecule has 3 atom stereocenters. The minimum Gasteiger partial charge on any atom is -0.508 e. The van der Waals surface area contributed by atoms with Crippen LogP contribution < -0.4 is 0 Å². The molecule has 0 fully saturated rings. The lowest BCUT2D eigenvalue weighted by Crippen LogP contribution is -2.25. The van der Waals surface area contributed by atoms with Crippen LogP contribution in [0.4, 0.5) is 0 Å². The summed E-state index contributed by atoms with van der Waals surface area (Å²) >= 11 is 0. The highest BCUT2D eigenvalue weighted by Gasteiger charge is 2.23. The van der Waals surface area contributed by atoms with Crippen LogP contribution in [0.5, 0.6) is 11.5 Å². The monoisotopic (exact) mass is 420 g/mol. The second-order valence-electron chi connectivity index (χ2n) is 10.7. The van der Waals surface area contributed by atoms with Gasteiger partial charge < -0.3 is 15.3 Å². The standard InChI is InChI=1S/C27H48O3/c1-19(2)10-8-11-20(3)12-9-13-21(4)14-16-27(7,30)17-15-24-23(6)26(29)22(5)18-25(24)28/h18-21,28-30H,8-17H2,1-7H3/t20-,21-,27?/m1/s1. The number of hydrogen-bond acceptors (Lipinski definition) is 3. The lowest BCUT2D eigenvalue weighted by atomic mass is 9.86. The average molecular weight is 421 g/mol. The average Bonchev–Trinajstić information content (AvgIpc) is 2.64. The molecule has 0 saturated carbocycles. The van der Waals surface area contributed by atoms with Crippen LogP contribution in [0.25, 0.3) is 0 Å². The topological polar surface area (TPSA) is 60.7 Å². The van der Waals surface area contributed by atoms with Gasteiger partial charge in [0, 0.05) is 5.56 Å². The summed E-state index contributed by atoms with van der Waals surface area (Å²) in [6.45, 7) is 14.8. The Bertz CT molecular complexity index is 633. The quantitative estimate of drug-likeness (QED) is 0.274. The first-order chi connectivity index (χ1) is 13.9. The molecule has 0 saturated heterocycles. The van der Waals surface area contributed by atoms with E-state index < -0.39 is 5.60 Å². The number of aryl methyl sites for hydroxylation is 1. The molecule has 3 N–H and O–H groups in total. The molecule has 1 rings (SSSR count). The van der Waals surface area contributed by atoms with E-state index in [0.29, 0.717) is 24.3 Å². The lowest BCUT2D eigenvalue weighted by molar-refractivity contribution is 0.0357. The van der Waals surface area contributed by atoms with Gasteiger partial charge in [-0.2, -0.15) is 0 Å². The predicted molar refractivity (Wildman–Crippen MR) is 128 cm³/mol. The fourth-order valence-corrected chi connectivity index (χ4v) is 4.36. The number of aromatic hydroxyl groups is 2. The van der Waals surface area contributed by atoms with Crippen LogP contribution >= 0.6 is 0 Å². The summed E-state index contributed by atoms with van der Waals surface area (Å²) in [4.78, 5) is 0. The van der Waals surface area contributed by atoms with Gasteiger partial charge >= 0.3 is 0 Å². The fraction of sp³-hybridized carbons (Fsp3) is 0.778. The van der Waals surface area contributed by atoms with E-state index in [9.17, 15) is 15.3 Å². The molecule has 1 aromatic carbocycles. The summed E-state index contributed by atoms with van der Waals surface area (Å²) in [5.41, 5.74) is 1.40. The van der Waals surface area contributed by atoms with Crippen LogP contribution in [0.2, 0.25) is 0 Å². The van der Waals surface area contributed by atoms with E-state index in [1.165, 1.54) is 38.5 Å². The Kier molecular flexibility index (Phi) is 11.3. The maximum Gasteiger partial charge on any atom is 0.121 e. The molecular formula is C27H48O3. The summed E-state index contributed by atoms with van der Waals surface area (Å²) in [6.07, 6.45) is 10.8. The highest BCUT2D eigenvalue weighted by Crippen LogP contribution is 2.34. The molecule has 0 amide bonds. The van der Waals surface area contributed by atoms with E-state index in [0.717, 1.165) is 35.8 Å². The van der Waals surface area contributed by atoms with E-state index >= 15 is 0 Å². The summed E-state index contributed by atoms with van der Waals surface area (Å²) in [7, 11) is 0. The van der Waals surface area contributed by atoms with Crippen molar-refractivity contribution in [2.24, 2.45) is 17.8 Å². The highest BCUT2D eigenvalue weighted by atomic mass is 16.3. The van der Waals surface area contributed by atoms with Crippen LogP contribution in [0.3, 0.4) is 0 Å². The van der Waals surface area contributed by atoms with E-state index in [1.807, 2.05) is 13.8 Å². The molecule has 3 heteroatoms. The largest absolute Gasteiger partial charge is 0.508 e. The smallest absolute Gasteiger partial charge is 0.121 e. The molecule has 0 heterocycles. The van der Waals surface area contributed by atoms with Crippen LogP contribution in [-0.4, -0.2) is 20.9 Å². The molecular weight excluding hydrogens is 372 g/mol. The van der Waals surface area contributed by atoms with Gasteiger partial charge in [-0.1, -0.05) is 66.2 Å². The maximum atomic E-state index is 10.8. The van der Waals surface area contributed by atoms with Crippen LogP contribution in [-0.2, 0) is 6.42 Å². The summed E-state index contributed by atoms with van der Waals surface area (Å²) in [5, 5.41) is 31.2. The first-order valence-corrected chi connectivity index (χ1v) is 12.2. The highest BCUT2D eigenvalue weighted by molar-refractivity contribution is 5.51. The normalized spacial score (nSPS) is 15.9. The van der Waals surface area contributed by atoms with Gasteiger partial charge in [0.1, 0.15) is 11.5 Å². The Morgan fingerprint density at radius 1 is 0.833 bits per heavy atom. The lowest BCUT2D eigenvalue weighted by Gasteiger charge is -2.26. The SMILES string of the molecule is Cc1cc(O)c(CCC(C)(O)CC[C@H](C)CCC[C@H](C)CCCC(C)C)c(C)c1O. The number of benzene rings is 1. The molecule has 3 nitrogen and oxygen atoms in total. The van der Waals surface area contributed by atoms with E-state index in [-0.39, 0.29) is 11.5 Å². The number of phenols is 2. The van der Waals surface area contributed by atoms with Gasteiger partial charge in [0.25, 0.3) is 0 Å². The van der Waals surface area contributed by atoms with Gasteiger partial charge in [-0.15, -0.1) is 0 Å². The van der Waals surface area contributed by atoms with Crippen molar-refractivity contribution in [3.63, 3.8) is 0 Å². The Morgan fingerprint density at radius 2 is 1.37 bits per heavy atom. The van der Waals surface area contributed by atoms with E-state index in [2.05, 4.69) is 27.7 Å². The molecule has 0 radical (unpaired) electrons. The van der Waals surface area contributed by atoms with Crippen molar-refractivity contribution in [3.8, 4) is 11.5 Å². The molecule has 0 aliphatic rings. The molecule has 30 heavy (non-hydrogen) atoms. The molecule has 0 aromatic heterocycles. The third-order valence-corrected chi connectivity index (χ3v) is 6.81. The number of aliphatic hydroxyl groups is 1. The number of hydrogen-bond donors (Lipinski definition) is 3. The zero-order valence-corrected chi connectivity index (χ0v) is 20.7. The molecule has 0 aliphatic heterocycles. The fourth-order valence-electron chi connectivity index (χ4n) is 4.36. The van der Waals surface area contributed by atoms with E-state index in [1.54, 1.807) is 13.0 Å². The number of phenolic OH excluding ortho intramolecular Hbond substituents is 2. The first kappa shape index (κ1) is 26.8. The summed E-state index contributed by atoms with van der Waals surface area (Å²) < 4.78 is 0. The Hall–Kier alpha value is -1.22. The van der Waals surface area contributed by atoms with Crippen LogP contribution in [0.1, 0.15) is 109 Å². The zero-order chi connectivity index (χ0) is 22.9. The molecule has 1 aromatic rings. The van der Waals surface area contributed by atoms with Crippen molar-refractivity contribution >= 4 is 0 Å². The molecule has 0 spiro atoms. The van der Waals surface area contributed by atoms with Crippen molar-refractivity contribution < 1.29 is 15.3 Å². The molecule has 1 unspecified atom stereocenters. The molecule has 0 aliphatic carbocycles. The minimum absolute atomic E-state index is 0.217. The van der Waals surface area contributed by atoms with Gasteiger partial charge in [0.2, 0.25) is 0 Å². The Labute approximate surface area is 185 Å². The summed E-state index contributed by atoms with van der Waals surface area (Å²) in [5.74, 6) is 2.72. The van der Waals surface area contributed by atoms with Gasteiger partial charge in [-0.25, -0.2) is 0 Å². The third kappa shape index (κ3) is 9.73. The minimum atomic E-state index is -0.752. The third-order valence-electron chi connectivity index (χ3n) is 6.81.